The lowest BCUT2D eigenvalue weighted by Crippen LogP contribution is -2.35. The van der Waals surface area contributed by atoms with Crippen LogP contribution in [0.15, 0.2) is 57.9 Å². The van der Waals surface area contributed by atoms with E-state index in [2.05, 4.69) is 5.32 Å². The van der Waals surface area contributed by atoms with E-state index in [1.54, 1.807) is 40.0 Å². The quantitative estimate of drug-likeness (QED) is 0.581. The van der Waals surface area contributed by atoms with Gasteiger partial charge in [-0.05, 0) is 36.8 Å². The molecule has 8 nitrogen and oxygen atoms in total. The van der Waals surface area contributed by atoms with Crippen molar-refractivity contribution in [2.24, 2.45) is 0 Å². The summed E-state index contributed by atoms with van der Waals surface area (Å²) in [6, 6.07) is 11.7. The Hall–Kier alpha value is -3.52. The van der Waals surface area contributed by atoms with Crippen molar-refractivity contribution >= 4 is 23.4 Å². The number of furan rings is 1. The van der Waals surface area contributed by atoms with E-state index < -0.39 is 0 Å². The van der Waals surface area contributed by atoms with Crippen molar-refractivity contribution in [1.82, 2.24) is 14.8 Å². The third-order valence-corrected chi connectivity index (χ3v) is 6.19. The van der Waals surface area contributed by atoms with Crippen LogP contribution >= 0.6 is 11.6 Å². The maximum Gasteiger partial charge on any atom is 0.257 e. The van der Waals surface area contributed by atoms with Gasteiger partial charge < -0.3 is 23.9 Å². The lowest BCUT2D eigenvalue weighted by atomic mass is 10.1. The summed E-state index contributed by atoms with van der Waals surface area (Å²) in [4.78, 5) is 40.8. The van der Waals surface area contributed by atoms with E-state index in [4.69, 9.17) is 20.8 Å². The summed E-state index contributed by atoms with van der Waals surface area (Å²) in [6.07, 6.45) is 2.09. The lowest BCUT2D eigenvalue weighted by Gasteiger charge is -2.20. The van der Waals surface area contributed by atoms with Crippen LogP contribution in [0.5, 0.6) is 5.75 Å². The van der Waals surface area contributed by atoms with Gasteiger partial charge in [0.05, 0.1) is 25.8 Å². The van der Waals surface area contributed by atoms with E-state index >= 15 is 0 Å². The van der Waals surface area contributed by atoms with Crippen LogP contribution in [0.3, 0.4) is 0 Å². The molecule has 1 N–H and O–H groups in total. The van der Waals surface area contributed by atoms with Crippen molar-refractivity contribution in [2.45, 2.75) is 32.4 Å². The number of rotatable bonds is 6. The van der Waals surface area contributed by atoms with Crippen molar-refractivity contribution in [3.8, 4) is 5.75 Å². The molecule has 1 unspecified atom stereocenters. The molecule has 34 heavy (non-hydrogen) atoms. The van der Waals surface area contributed by atoms with Gasteiger partial charge in [0.2, 0.25) is 5.91 Å². The second-order valence-electron chi connectivity index (χ2n) is 8.17. The summed E-state index contributed by atoms with van der Waals surface area (Å²) in [7, 11) is 1.43. The Labute approximate surface area is 202 Å². The largest absolute Gasteiger partial charge is 0.496 e. The highest BCUT2D eigenvalue weighted by molar-refractivity contribution is 6.30. The Bertz CT molecular complexity index is 1250. The molecule has 0 aliphatic carbocycles. The number of hydrogen-bond donors (Lipinski definition) is 1. The Kier molecular flexibility index (Phi) is 7.07. The third-order valence-electron chi connectivity index (χ3n) is 5.96. The second-order valence-corrected chi connectivity index (χ2v) is 8.61. The molecule has 9 heteroatoms. The number of nitrogens with zero attached hydrogens (tertiary/aromatic N) is 2. The minimum Gasteiger partial charge on any atom is -0.496 e. The molecule has 1 aliphatic heterocycles. The maximum atomic E-state index is 13.3. The standard InChI is InChI=1S/C25H26ClN3O5/c1-16(20-7-4-12-34-20)27-25(32)24-19-8-9-28(10-11-29(19)23(31)15-21(24)33-2)22(30)14-17-5-3-6-18(26)13-17/h3-7,12-13,15-16H,8-11,14H2,1-2H3,(H,27,32). The fourth-order valence-corrected chi connectivity index (χ4v) is 4.43. The monoisotopic (exact) mass is 483 g/mol. The van der Waals surface area contributed by atoms with Gasteiger partial charge in [-0.15, -0.1) is 0 Å². The Morgan fingerprint density at radius 1 is 1.18 bits per heavy atom. The van der Waals surface area contributed by atoms with Gasteiger partial charge in [-0.3, -0.25) is 14.4 Å². The molecule has 0 saturated carbocycles. The zero-order valence-corrected chi connectivity index (χ0v) is 19.8. The Balaban J connectivity index is 1.58. The number of methoxy groups -OCH3 is 1. The number of nitrogens with one attached hydrogen (secondary N) is 1. The average Bonchev–Trinajstić information content (AvgIpc) is 3.25. The van der Waals surface area contributed by atoms with Gasteiger partial charge in [0.25, 0.3) is 11.5 Å². The van der Waals surface area contributed by atoms with Gasteiger partial charge in [-0.25, -0.2) is 0 Å². The van der Waals surface area contributed by atoms with Crippen molar-refractivity contribution < 1.29 is 18.7 Å². The summed E-state index contributed by atoms with van der Waals surface area (Å²) in [5.74, 6) is 0.388. The molecule has 0 spiro atoms. The number of carbonyl (C=O) groups excluding carboxylic acids is 2. The zero-order chi connectivity index (χ0) is 24.2. The highest BCUT2D eigenvalue weighted by Gasteiger charge is 2.27. The Morgan fingerprint density at radius 3 is 2.71 bits per heavy atom. The molecule has 1 atom stereocenters. The molecule has 3 aromatic rings. The molecule has 1 aliphatic rings. The van der Waals surface area contributed by atoms with Gasteiger partial charge in [0, 0.05) is 42.8 Å². The van der Waals surface area contributed by atoms with E-state index in [9.17, 15) is 14.4 Å². The van der Waals surface area contributed by atoms with Crippen molar-refractivity contribution in [1.29, 1.82) is 0 Å². The summed E-state index contributed by atoms with van der Waals surface area (Å²) < 4.78 is 12.3. The molecular weight excluding hydrogens is 458 g/mol. The normalized spacial score (nSPS) is 14.1. The predicted molar refractivity (Wildman–Crippen MR) is 127 cm³/mol. The topological polar surface area (TPSA) is 93.8 Å². The molecule has 1 aromatic carbocycles. The molecule has 4 rings (SSSR count). The number of carbonyl (C=O) groups is 2. The minimum atomic E-state index is -0.374. The molecule has 2 aromatic heterocycles. The van der Waals surface area contributed by atoms with E-state index in [1.165, 1.54) is 13.2 Å². The zero-order valence-electron chi connectivity index (χ0n) is 19.0. The molecule has 2 amide bonds. The van der Waals surface area contributed by atoms with E-state index in [-0.39, 0.29) is 42.1 Å². The highest BCUT2D eigenvalue weighted by Crippen LogP contribution is 2.24. The number of aromatic nitrogens is 1. The number of ether oxygens (including phenoxy) is 1. The first-order chi connectivity index (χ1) is 16.4. The smallest absolute Gasteiger partial charge is 0.257 e. The molecule has 0 radical (unpaired) electrons. The number of amides is 2. The Morgan fingerprint density at radius 2 is 2.00 bits per heavy atom. The minimum absolute atomic E-state index is 0.0625. The van der Waals surface area contributed by atoms with Crippen LogP contribution in [0.25, 0.3) is 0 Å². The van der Waals surface area contributed by atoms with Gasteiger partial charge in [0.1, 0.15) is 17.1 Å². The molecular formula is C25H26ClN3O5. The number of benzene rings is 1. The molecule has 178 valence electrons. The predicted octanol–water partition coefficient (Wildman–Crippen LogP) is 3.22. The molecule has 0 fully saturated rings. The molecule has 0 bridgehead atoms. The maximum absolute atomic E-state index is 13.3. The van der Waals surface area contributed by atoms with Crippen LogP contribution in [-0.4, -0.2) is 41.5 Å². The first kappa shape index (κ1) is 23.6. The fourth-order valence-electron chi connectivity index (χ4n) is 4.22. The van der Waals surface area contributed by atoms with Crippen LogP contribution in [0.2, 0.25) is 5.02 Å². The number of pyridine rings is 1. The summed E-state index contributed by atoms with van der Waals surface area (Å²) >= 11 is 6.04. The molecule has 0 saturated heterocycles. The van der Waals surface area contributed by atoms with Crippen LogP contribution in [-0.2, 0) is 24.2 Å². The number of hydrogen-bond acceptors (Lipinski definition) is 5. The molecule has 3 heterocycles. The summed E-state index contributed by atoms with van der Waals surface area (Å²) in [5.41, 5.74) is 1.40. The summed E-state index contributed by atoms with van der Waals surface area (Å²) in [5, 5.41) is 3.49. The third kappa shape index (κ3) is 5.02. The summed E-state index contributed by atoms with van der Waals surface area (Å²) in [6.45, 7) is 2.84. The van der Waals surface area contributed by atoms with Crippen molar-refractivity contribution in [2.75, 3.05) is 20.2 Å². The average molecular weight is 484 g/mol. The number of fused-ring (bicyclic) bond motifs is 1. The first-order valence-electron chi connectivity index (χ1n) is 11.0. The van der Waals surface area contributed by atoms with Crippen LogP contribution in [0.1, 0.15) is 40.3 Å². The van der Waals surface area contributed by atoms with Crippen LogP contribution in [0.4, 0.5) is 0 Å². The highest BCUT2D eigenvalue weighted by atomic mass is 35.5. The van der Waals surface area contributed by atoms with E-state index in [1.807, 2.05) is 19.1 Å². The second kappa shape index (κ2) is 10.2. The van der Waals surface area contributed by atoms with Gasteiger partial charge in [0.15, 0.2) is 0 Å². The van der Waals surface area contributed by atoms with Gasteiger partial charge in [-0.2, -0.15) is 0 Å². The van der Waals surface area contributed by atoms with Gasteiger partial charge in [-0.1, -0.05) is 23.7 Å². The first-order valence-corrected chi connectivity index (χ1v) is 11.4. The van der Waals surface area contributed by atoms with Gasteiger partial charge >= 0.3 is 0 Å². The van der Waals surface area contributed by atoms with E-state index in [0.717, 1.165) is 5.56 Å². The lowest BCUT2D eigenvalue weighted by molar-refractivity contribution is -0.130. The van der Waals surface area contributed by atoms with Crippen LogP contribution in [0, 0.1) is 0 Å². The van der Waals surface area contributed by atoms with Crippen LogP contribution < -0.4 is 15.6 Å². The number of halogens is 1. The fraction of sp³-hybridized carbons (Fsp3) is 0.320. The van der Waals surface area contributed by atoms with Crippen molar-refractivity contribution in [3.63, 3.8) is 0 Å². The van der Waals surface area contributed by atoms with Crippen molar-refractivity contribution in [3.05, 3.63) is 86.7 Å². The van der Waals surface area contributed by atoms with E-state index in [0.29, 0.717) is 41.6 Å². The SMILES string of the molecule is COc1cc(=O)n2c(c1C(=O)NC(C)c1ccco1)CCN(C(=O)Cc1cccc(Cl)c1)CC2.